The van der Waals surface area contributed by atoms with Crippen LogP contribution >= 0.6 is 0 Å². The predicted octanol–water partition coefficient (Wildman–Crippen LogP) is 7.91. The van der Waals surface area contributed by atoms with Crippen molar-refractivity contribution >= 4 is 34.1 Å². The van der Waals surface area contributed by atoms with Gasteiger partial charge in [0.1, 0.15) is 34.5 Å². The smallest absolute Gasteiger partial charge is 0.150 e. The van der Waals surface area contributed by atoms with Crippen molar-refractivity contribution in [2.24, 2.45) is 0 Å². The summed E-state index contributed by atoms with van der Waals surface area (Å²) in [5, 5.41) is 0. The third kappa shape index (κ3) is 6.50. The molecule has 9 nitrogen and oxygen atoms in total. The van der Waals surface area contributed by atoms with Gasteiger partial charge in [0.05, 0.1) is 17.1 Å². The van der Waals surface area contributed by atoms with Gasteiger partial charge < -0.3 is 48.6 Å². The van der Waals surface area contributed by atoms with Crippen LogP contribution in [0.5, 0.6) is 34.5 Å². The second kappa shape index (κ2) is 12.5. The van der Waals surface area contributed by atoms with Gasteiger partial charge in [0, 0.05) is 22.5 Å². The fourth-order valence-corrected chi connectivity index (χ4v) is 5.43. The number of anilines is 6. The Kier molecular flexibility index (Phi) is 8.12. The summed E-state index contributed by atoms with van der Waals surface area (Å²) in [5.74, 6) is 3.52. The van der Waals surface area contributed by atoms with Crippen molar-refractivity contribution < 1.29 is 14.2 Å². The highest BCUT2D eigenvalue weighted by Crippen LogP contribution is 2.42. The van der Waals surface area contributed by atoms with Crippen LogP contribution < -0.4 is 48.6 Å². The molecule has 0 radical (unpaired) electrons. The molecule has 0 aliphatic rings. The van der Waals surface area contributed by atoms with E-state index < -0.39 is 5.41 Å². The van der Waals surface area contributed by atoms with Crippen molar-refractivity contribution in [1.29, 1.82) is 0 Å². The summed E-state index contributed by atoms with van der Waals surface area (Å²) in [6, 6.07) is 39.3. The molecule has 6 rings (SSSR count). The maximum atomic E-state index is 6.12. The maximum absolute atomic E-state index is 6.12. The topological polar surface area (TPSA) is 184 Å². The normalized spacial score (nSPS) is 11.2. The monoisotopic (exact) mass is 624 g/mol. The SMILES string of the molecule is CC(c1ccc(Oc2ccc(N)cc2N)cc1)(c1ccc(Oc2ccc(N)cc2N)cc1)c1ccc(Oc2ccc(N)cc2N)cc1. The Labute approximate surface area is 273 Å². The number of ether oxygens (including phenoxy) is 3. The molecule has 0 amide bonds. The average molecular weight is 625 g/mol. The minimum atomic E-state index is -0.587. The van der Waals surface area contributed by atoms with Crippen molar-refractivity contribution in [3.8, 4) is 34.5 Å². The molecule has 0 saturated carbocycles. The van der Waals surface area contributed by atoms with Gasteiger partial charge in [-0.1, -0.05) is 36.4 Å². The van der Waals surface area contributed by atoms with Crippen LogP contribution in [-0.4, -0.2) is 0 Å². The van der Waals surface area contributed by atoms with Gasteiger partial charge in [-0.3, -0.25) is 0 Å². The number of benzene rings is 6. The number of hydrogen-bond donors (Lipinski definition) is 6. The molecule has 6 aromatic carbocycles. The quantitative estimate of drug-likeness (QED) is 0.0687. The largest absolute Gasteiger partial charge is 0.455 e. The Morgan fingerprint density at radius 3 is 0.851 bits per heavy atom. The molecule has 0 unspecified atom stereocenters. The molecule has 236 valence electrons. The van der Waals surface area contributed by atoms with E-state index in [-0.39, 0.29) is 0 Å². The Balaban J connectivity index is 1.33. The molecular formula is C38H36N6O3. The molecule has 0 aliphatic carbocycles. The average Bonchev–Trinajstić information content (AvgIpc) is 3.06. The highest BCUT2D eigenvalue weighted by molar-refractivity contribution is 5.64. The van der Waals surface area contributed by atoms with Crippen molar-refractivity contribution in [3.05, 3.63) is 144 Å². The van der Waals surface area contributed by atoms with Gasteiger partial charge in [-0.25, -0.2) is 0 Å². The summed E-state index contributed by atoms with van der Waals surface area (Å²) < 4.78 is 18.2. The molecule has 0 aliphatic heterocycles. The minimum Gasteiger partial charge on any atom is -0.455 e. The standard InChI is InChI=1S/C38H36N6O3/c1-38(23-2-11-29(12-3-23)45-35-17-8-26(39)20-32(35)42,24-4-13-30(14-5-24)46-36-18-9-27(40)21-33(36)43)25-6-15-31(16-7-25)47-37-19-10-28(41)22-34(37)44/h2-22H,39-44H2,1H3. The Bertz CT molecular complexity index is 1790. The molecule has 47 heavy (non-hydrogen) atoms. The number of nitrogens with two attached hydrogens (primary N) is 6. The Hall–Kier alpha value is -6.48. The van der Waals surface area contributed by atoms with E-state index in [1.54, 1.807) is 54.6 Å². The molecule has 0 bridgehead atoms. The molecular weight excluding hydrogens is 588 g/mol. The summed E-state index contributed by atoms with van der Waals surface area (Å²) >= 11 is 0. The van der Waals surface area contributed by atoms with Gasteiger partial charge in [0.15, 0.2) is 0 Å². The van der Waals surface area contributed by atoms with Gasteiger partial charge in [0.2, 0.25) is 0 Å². The van der Waals surface area contributed by atoms with Gasteiger partial charge in [0.25, 0.3) is 0 Å². The third-order valence-corrected chi connectivity index (χ3v) is 8.08. The molecule has 12 N–H and O–H groups in total. The Morgan fingerprint density at radius 1 is 0.362 bits per heavy atom. The summed E-state index contributed by atoms with van der Waals surface area (Å²) in [4.78, 5) is 0. The molecule has 6 aromatic rings. The third-order valence-electron chi connectivity index (χ3n) is 8.08. The second-order valence-electron chi connectivity index (χ2n) is 11.4. The summed E-state index contributed by atoms with van der Waals surface area (Å²) in [5.41, 5.74) is 41.5. The fraction of sp³-hybridized carbons (Fsp3) is 0.0526. The van der Waals surface area contributed by atoms with E-state index in [9.17, 15) is 0 Å². The van der Waals surface area contributed by atoms with Crippen molar-refractivity contribution in [2.75, 3.05) is 34.4 Å². The maximum Gasteiger partial charge on any atom is 0.150 e. The van der Waals surface area contributed by atoms with Gasteiger partial charge in [-0.2, -0.15) is 0 Å². The lowest BCUT2D eigenvalue weighted by molar-refractivity contribution is 0.483. The van der Waals surface area contributed by atoms with Crippen LogP contribution in [0.1, 0.15) is 23.6 Å². The zero-order valence-corrected chi connectivity index (χ0v) is 25.8. The highest BCUT2D eigenvalue weighted by atomic mass is 16.5. The Morgan fingerprint density at radius 2 is 0.617 bits per heavy atom. The first kappa shape index (κ1) is 30.5. The van der Waals surface area contributed by atoms with Crippen LogP contribution in [0.15, 0.2) is 127 Å². The first-order valence-electron chi connectivity index (χ1n) is 14.9. The summed E-state index contributed by atoms with van der Waals surface area (Å²) in [6.45, 7) is 2.17. The van der Waals surface area contributed by atoms with E-state index >= 15 is 0 Å². The van der Waals surface area contributed by atoms with E-state index in [0.717, 1.165) is 16.7 Å². The van der Waals surface area contributed by atoms with Crippen LogP contribution in [0.2, 0.25) is 0 Å². The molecule has 0 spiro atoms. The number of hydrogen-bond acceptors (Lipinski definition) is 9. The van der Waals surface area contributed by atoms with Crippen LogP contribution in [-0.2, 0) is 5.41 Å². The van der Waals surface area contributed by atoms with Crippen LogP contribution in [0, 0.1) is 0 Å². The minimum absolute atomic E-state index is 0.463. The van der Waals surface area contributed by atoms with Crippen molar-refractivity contribution in [2.45, 2.75) is 12.3 Å². The second-order valence-corrected chi connectivity index (χ2v) is 11.4. The van der Waals surface area contributed by atoms with E-state index in [2.05, 4.69) is 6.92 Å². The zero-order chi connectivity index (χ0) is 33.1. The van der Waals surface area contributed by atoms with Crippen LogP contribution in [0.4, 0.5) is 34.1 Å². The van der Waals surface area contributed by atoms with E-state index in [1.807, 2.05) is 72.8 Å². The molecule has 0 saturated heterocycles. The lowest BCUT2D eigenvalue weighted by atomic mass is 9.71. The van der Waals surface area contributed by atoms with Crippen LogP contribution in [0.3, 0.4) is 0 Å². The first-order valence-corrected chi connectivity index (χ1v) is 14.9. The summed E-state index contributed by atoms with van der Waals surface area (Å²) in [6.07, 6.45) is 0. The lowest BCUT2D eigenvalue weighted by Gasteiger charge is -2.32. The van der Waals surface area contributed by atoms with E-state index in [1.165, 1.54) is 0 Å². The predicted molar refractivity (Wildman–Crippen MR) is 191 cm³/mol. The summed E-state index contributed by atoms with van der Waals surface area (Å²) in [7, 11) is 0. The number of nitrogen functional groups attached to an aromatic ring is 6. The first-order chi connectivity index (χ1) is 22.6. The van der Waals surface area contributed by atoms with Gasteiger partial charge >= 0.3 is 0 Å². The molecule has 0 heterocycles. The van der Waals surface area contributed by atoms with Crippen molar-refractivity contribution in [3.63, 3.8) is 0 Å². The number of rotatable bonds is 9. The van der Waals surface area contributed by atoms with Gasteiger partial charge in [-0.05, 0) is 115 Å². The van der Waals surface area contributed by atoms with Gasteiger partial charge in [-0.15, -0.1) is 0 Å². The molecule has 0 aromatic heterocycles. The molecule has 0 atom stereocenters. The molecule has 9 heteroatoms. The zero-order valence-electron chi connectivity index (χ0n) is 25.8. The fourth-order valence-electron chi connectivity index (χ4n) is 5.43. The van der Waals surface area contributed by atoms with Crippen molar-refractivity contribution in [1.82, 2.24) is 0 Å². The lowest BCUT2D eigenvalue weighted by Crippen LogP contribution is -2.25. The van der Waals surface area contributed by atoms with Crippen LogP contribution in [0.25, 0.3) is 0 Å². The molecule has 0 fully saturated rings. The van der Waals surface area contributed by atoms with E-state index in [4.69, 9.17) is 48.6 Å². The van der Waals surface area contributed by atoms with E-state index in [0.29, 0.717) is 68.6 Å². The highest BCUT2D eigenvalue weighted by Gasteiger charge is 2.31.